The van der Waals surface area contributed by atoms with Crippen LogP contribution in [-0.2, 0) is 4.79 Å². The van der Waals surface area contributed by atoms with Gasteiger partial charge in [-0.2, -0.15) is 0 Å². The van der Waals surface area contributed by atoms with Gasteiger partial charge in [0.2, 0.25) is 0 Å². The molecule has 8 nitrogen and oxygen atoms in total. The molecule has 224 valence electrons. The first kappa shape index (κ1) is 29.7. The number of anilines is 1. The van der Waals surface area contributed by atoms with Crippen molar-refractivity contribution < 1.29 is 14.0 Å². The van der Waals surface area contributed by atoms with Crippen LogP contribution >= 0.6 is 0 Å². The maximum atomic E-state index is 14.1. The number of aromatic nitrogens is 1. The lowest BCUT2D eigenvalue weighted by atomic mass is 9.94. The Hall–Kier alpha value is -3.75. The summed E-state index contributed by atoms with van der Waals surface area (Å²) in [6.07, 6.45) is 8.27. The Labute approximate surface area is 248 Å². The fourth-order valence-corrected chi connectivity index (χ4v) is 7.09. The smallest absolute Gasteiger partial charge is 0.321 e. The zero-order chi connectivity index (χ0) is 30.1. The molecule has 3 fully saturated rings. The van der Waals surface area contributed by atoms with Crippen LogP contribution in [0.2, 0.25) is 0 Å². The van der Waals surface area contributed by atoms with E-state index in [0.29, 0.717) is 44.6 Å². The van der Waals surface area contributed by atoms with Gasteiger partial charge in [0.25, 0.3) is 5.91 Å². The zero-order valence-electron chi connectivity index (χ0n) is 25.1. The van der Waals surface area contributed by atoms with Gasteiger partial charge in [0.15, 0.2) is 0 Å². The molecule has 3 amide bonds. The molecule has 5 rings (SSSR count). The fourth-order valence-electron chi connectivity index (χ4n) is 7.09. The lowest BCUT2D eigenvalue weighted by Gasteiger charge is -2.31. The van der Waals surface area contributed by atoms with Crippen LogP contribution < -0.4 is 11.1 Å². The van der Waals surface area contributed by atoms with Crippen molar-refractivity contribution in [3.8, 4) is 0 Å². The summed E-state index contributed by atoms with van der Waals surface area (Å²) in [7, 11) is 0. The van der Waals surface area contributed by atoms with Crippen molar-refractivity contribution in [3.63, 3.8) is 0 Å². The number of rotatable bonds is 7. The van der Waals surface area contributed by atoms with Crippen LogP contribution in [0, 0.1) is 22.6 Å². The average molecular weight is 575 g/mol. The lowest BCUT2D eigenvalue weighted by molar-refractivity contribution is -0.125. The average Bonchev–Trinajstić information content (AvgIpc) is 3.28. The number of nitrogens with one attached hydrogen (secondary N) is 1. The summed E-state index contributed by atoms with van der Waals surface area (Å²) in [5, 5.41) is 2.68. The number of benzene rings is 1. The molecule has 1 saturated carbocycles. The number of nitrogens with two attached hydrogens (primary N) is 1. The topological polar surface area (TPSA) is 104 Å². The van der Waals surface area contributed by atoms with Gasteiger partial charge in [0.1, 0.15) is 5.82 Å². The number of hydrogen-bond donors (Lipinski definition) is 2. The number of para-hydroxylation sites is 1. The van der Waals surface area contributed by atoms with Gasteiger partial charge in [0, 0.05) is 56.6 Å². The molecule has 1 aromatic heterocycles. The summed E-state index contributed by atoms with van der Waals surface area (Å²) in [6, 6.07) is 9.80. The SMILES string of the molecule is CCC1(C)C(C(=NC2CCN(C(=O)Nc3ccccc3F)CC2)C(=CN)C(=O)N2CCC(c3cccnc3)C2)C1(C)C. The maximum Gasteiger partial charge on any atom is 0.321 e. The quantitative estimate of drug-likeness (QED) is 0.332. The Morgan fingerprint density at radius 2 is 1.81 bits per heavy atom. The van der Waals surface area contributed by atoms with Crippen LogP contribution in [0.1, 0.15) is 64.9 Å². The van der Waals surface area contributed by atoms with Crippen molar-refractivity contribution in [2.45, 2.75) is 65.3 Å². The van der Waals surface area contributed by atoms with E-state index in [1.165, 1.54) is 12.3 Å². The molecule has 42 heavy (non-hydrogen) atoms. The second-order valence-corrected chi connectivity index (χ2v) is 12.7. The third-order valence-corrected chi connectivity index (χ3v) is 10.2. The predicted molar refractivity (Wildman–Crippen MR) is 164 cm³/mol. The highest BCUT2D eigenvalue weighted by Crippen LogP contribution is 2.71. The van der Waals surface area contributed by atoms with Crippen LogP contribution in [-0.4, -0.2) is 64.7 Å². The Morgan fingerprint density at radius 1 is 1.10 bits per heavy atom. The molecule has 9 heteroatoms. The first-order chi connectivity index (χ1) is 20.1. The highest BCUT2D eigenvalue weighted by Gasteiger charge is 2.69. The molecule has 1 aliphatic carbocycles. The number of nitrogens with zero attached hydrogens (tertiary/aromatic N) is 4. The highest BCUT2D eigenvalue weighted by atomic mass is 19.1. The molecule has 2 aliphatic heterocycles. The molecule has 0 radical (unpaired) electrons. The van der Waals surface area contributed by atoms with E-state index >= 15 is 0 Å². The van der Waals surface area contributed by atoms with Gasteiger partial charge in [-0.25, -0.2) is 9.18 Å². The van der Waals surface area contributed by atoms with Crippen molar-refractivity contribution in [3.05, 3.63) is 71.9 Å². The number of halogens is 1. The first-order valence-corrected chi connectivity index (χ1v) is 15.1. The van der Waals surface area contributed by atoms with E-state index in [1.807, 2.05) is 17.2 Å². The summed E-state index contributed by atoms with van der Waals surface area (Å²) < 4.78 is 14.1. The Balaban J connectivity index is 1.32. The van der Waals surface area contributed by atoms with Crippen molar-refractivity contribution in [1.29, 1.82) is 0 Å². The largest absolute Gasteiger partial charge is 0.404 e. The normalized spacial score (nSPS) is 26.3. The molecule has 3 atom stereocenters. The van der Waals surface area contributed by atoms with E-state index in [0.717, 1.165) is 24.1 Å². The van der Waals surface area contributed by atoms with E-state index in [9.17, 15) is 14.0 Å². The van der Waals surface area contributed by atoms with E-state index in [1.54, 1.807) is 29.3 Å². The molecule has 0 bridgehead atoms. The molecule has 0 spiro atoms. The summed E-state index contributed by atoms with van der Waals surface area (Å²) in [6.45, 7) is 11.2. The highest BCUT2D eigenvalue weighted by molar-refractivity contribution is 6.23. The summed E-state index contributed by atoms with van der Waals surface area (Å²) in [5.41, 5.74) is 8.82. The minimum absolute atomic E-state index is 0.00394. The number of carbonyl (C=O) groups excluding carboxylic acids is 2. The van der Waals surface area contributed by atoms with Gasteiger partial charge >= 0.3 is 6.03 Å². The minimum Gasteiger partial charge on any atom is -0.404 e. The van der Waals surface area contributed by atoms with Crippen LogP contribution in [0.3, 0.4) is 0 Å². The standard InChI is InChI=1S/C33H43FN6O2/c1-5-33(4)29(32(33,2)3)28(25(19-35)30(41)40-16-12-23(21-40)22-9-8-15-36-20-22)37-24-13-17-39(18-14-24)31(42)38-27-11-7-6-10-26(27)34/h6-11,15,19-20,23-24,29H,5,12-14,16-18,21,35H2,1-4H3,(H,38,42). The number of piperidine rings is 1. The minimum atomic E-state index is -0.462. The zero-order valence-corrected chi connectivity index (χ0v) is 25.1. The molecular weight excluding hydrogens is 531 g/mol. The van der Waals surface area contributed by atoms with E-state index in [2.05, 4.69) is 44.1 Å². The van der Waals surface area contributed by atoms with Gasteiger partial charge in [-0.3, -0.25) is 14.8 Å². The summed E-state index contributed by atoms with van der Waals surface area (Å²) in [5.74, 6) is -0.171. The van der Waals surface area contributed by atoms with E-state index < -0.39 is 5.82 Å². The number of pyridine rings is 1. The second kappa shape index (κ2) is 11.9. The number of likely N-dealkylation sites (tertiary alicyclic amines) is 2. The van der Waals surface area contributed by atoms with Gasteiger partial charge in [-0.15, -0.1) is 0 Å². The lowest BCUT2D eigenvalue weighted by Crippen LogP contribution is -2.42. The third-order valence-electron chi connectivity index (χ3n) is 10.2. The monoisotopic (exact) mass is 574 g/mol. The number of amides is 3. The molecule has 2 saturated heterocycles. The molecule has 3 aliphatic rings. The predicted octanol–water partition coefficient (Wildman–Crippen LogP) is 5.59. The van der Waals surface area contributed by atoms with Crippen LogP contribution in [0.15, 0.2) is 65.6 Å². The van der Waals surface area contributed by atoms with Gasteiger partial charge in [-0.1, -0.05) is 45.9 Å². The molecule has 3 unspecified atom stereocenters. The van der Waals surface area contributed by atoms with Gasteiger partial charge in [-0.05, 0) is 60.3 Å². The first-order valence-electron chi connectivity index (χ1n) is 15.1. The van der Waals surface area contributed by atoms with Crippen molar-refractivity contribution in [1.82, 2.24) is 14.8 Å². The Bertz CT molecular complexity index is 1370. The van der Waals surface area contributed by atoms with Crippen LogP contribution in [0.25, 0.3) is 0 Å². The van der Waals surface area contributed by atoms with Crippen molar-refractivity contribution >= 4 is 23.3 Å². The Kier molecular flexibility index (Phi) is 8.39. The molecule has 3 N–H and O–H groups in total. The van der Waals surface area contributed by atoms with E-state index in [-0.39, 0.29) is 46.3 Å². The van der Waals surface area contributed by atoms with Gasteiger partial charge < -0.3 is 20.9 Å². The second-order valence-electron chi connectivity index (χ2n) is 12.7. The summed E-state index contributed by atoms with van der Waals surface area (Å²) >= 11 is 0. The van der Waals surface area contributed by atoms with Crippen molar-refractivity contribution in [2.75, 3.05) is 31.5 Å². The van der Waals surface area contributed by atoms with Crippen LogP contribution in [0.4, 0.5) is 14.9 Å². The third kappa shape index (κ3) is 5.53. The molecular formula is C33H43FN6O2. The number of hydrogen-bond acceptors (Lipinski definition) is 5. The molecule has 3 heterocycles. The fraction of sp³-hybridized carbons (Fsp3) is 0.515. The number of aliphatic imine (C=N–C) groups is 1. The van der Waals surface area contributed by atoms with Gasteiger partial charge in [0.05, 0.1) is 23.0 Å². The summed E-state index contributed by atoms with van der Waals surface area (Å²) in [4.78, 5) is 40.0. The number of carbonyl (C=O) groups is 2. The van der Waals surface area contributed by atoms with E-state index in [4.69, 9.17) is 10.7 Å². The van der Waals surface area contributed by atoms with Crippen LogP contribution in [0.5, 0.6) is 0 Å². The maximum absolute atomic E-state index is 14.1. The van der Waals surface area contributed by atoms with Crippen molar-refractivity contribution in [2.24, 2.45) is 27.5 Å². The molecule has 1 aromatic carbocycles. The number of urea groups is 1. The molecule has 2 aromatic rings. The Morgan fingerprint density at radius 3 is 2.43 bits per heavy atom.